The molecule has 2 amide bonds. The summed E-state index contributed by atoms with van der Waals surface area (Å²) < 4.78 is 4.76. The number of ether oxygens (including phenoxy) is 1. The highest BCUT2D eigenvalue weighted by atomic mass is 16.5. The van der Waals surface area contributed by atoms with E-state index in [0.29, 0.717) is 13.0 Å². The van der Waals surface area contributed by atoms with Crippen molar-refractivity contribution in [2.75, 3.05) is 19.7 Å². The van der Waals surface area contributed by atoms with E-state index in [1.165, 1.54) is 4.90 Å². The summed E-state index contributed by atoms with van der Waals surface area (Å²) in [4.78, 5) is 35.6. The van der Waals surface area contributed by atoms with Crippen molar-refractivity contribution in [3.05, 3.63) is 0 Å². The Morgan fingerprint density at radius 3 is 2.25 bits per heavy atom. The number of urea groups is 1. The molecule has 7 nitrogen and oxygen atoms in total. The molecule has 0 bridgehead atoms. The first-order valence-electron chi connectivity index (χ1n) is 6.75. The number of nitrogens with zero attached hydrogens (tertiary/aromatic N) is 1. The molecule has 0 aromatic heterocycles. The molecule has 0 aliphatic carbocycles. The number of aliphatic carboxylic acids is 1. The molecule has 0 aromatic rings. The Bertz CT molecular complexity index is 344. The van der Waals surface area contributed by atoms with Gasteiger partial charge >= 0.3 is 18.0 Å². The lowest BCUT2D eigenvalue weighted by molar-refractivity contribution is -0.143. The molecule has 1 atom stereocenters. The highest BCUT2D eigenvalue weighted by Gasteiger charge is 2.24. The van der Waals surface area contributed by atoms with E-state index < -0.39 is 24.0 Å². The maximum atomic E-state index is 12.0. The lowest BCUT2D eigenvalue weighted by atomic mass is 10.0. The van der Waals surface area contributed by atoms with Gasteiger partial charge in [-0.2, -0.15) is 0 Å². The van der Waals surface area contributed by atoms with Crippen LogP contribution >= 0.6 is 0 Å². The fourth-order valence-corrected chi connectivity index (χ4v) is 1.62. The first-order valence-corrected chi connectivity index (χ1v) is 6.75. The number of hydrogen-bond acceptors (Lipinski definition) is 4. The summed E-state index contributed by atoms with van der Waals surface area (Å²) in [5.41, 5.74) is 0. The average Bonchev–Trinajstić information content (AvgIpc) is 2.34. The molecule has 0 heterocycles. The summed E-state index contributed by atoms with van der Waals surface area (Å²) in [7, 11) is 0. The van der Waals surface area contributed by atoms with Crippen molar-refractivity contribution < 1.29 is 24.2 Å². The van der Waals surface area contributed by atoms with Gasteiger partial charge in [0.05, 0.1) is 6.61 Å². The van der Waals surface area contributed by atoms with E-state index in [4.69, 9.17) is 9.84 Å². The molecular formula is C13H24N2O5. The molecule has 116 valence electrons. The average molecular weight is 288 g/mol. The van der Waals surface area contributed by atoms with Gasteiger partial charge in [0, 0.05) is 6.54 Å². The largest absolute Gasteiger partial charge is 0.480 e. The predicted molar refractivity (Wildman–Crippen MR) is 73.3 cm³/mol. The normalized spacial score (nSPS) is 11.8. The van der Waals surface area contributed by atoms with E-state index in [0.717, 1.165) is 0 Å². The van der Waals surface area contributed by atoms with Crippen LogP contribution in [-0.4, -0.2) is 53.7 Å². The zero-order valence-corrected chi connectivity index (χ0v) is 12.5. The fourth-order valence-electron chi connectivity index (χ4n) is 1.62. The Morgan fingerprint density at radius 2 is 1.85 bits per heavy atom. The third kappa shape index (κ3) is 6.96. The second-order valence-corrected chi connectivity index (χ2v) is 4.79. The lowest BCUT2D eigenvalue weighted by Crippen LogP contribution is -2.49. The highest BCUT2D eigenvalue weighted by molar-refractivity contribution is 5.85. The topological polar surface area (TPSA) is 95.9 Å². The van der Waals surface area contributed by atoms with Crippen LogP contribution in [0.1, 0.15) is 34.1 Å². The number of nitrogens with one attached hydrogen (secondary N) is 1. The molecule has 7 heteroatoms. The summed E-state index contributed by atoms with van der Waals surface area (Å²) in [6, 6.07) is -1.53. The van der Waals surface area contributed by atoms with Crippen molar-refractivity contribution in [1.29, 1.82) is 0 Å². The minimum Gasteiger partial charge on any atom is -0.480 e. The monoisotopic (exact) mass is 288 g/mol. The number of carbonyl (C=O) groups excluding carboxylic acids is 2. The quantitative estimate of drug-likeness (QED) is 0.652. The van der Waals surface area contributed by atoms with E-state index in [1.807, 2.05) is 13.8 Å². The molecule has 0 aliphatic rings. The molecule has 2 N–H and O–H groups in total. The molecule has 0 aliphatic heterocycles. The number of carbonyl (C=O) groups is 3. The molecule has 0 aromatic carbocycles. The summed E-state index contributed by atoms with van der Waals surface area (Å²) in [5, 5.41) is 11.5. The van der Waals surface area contributed by atoms with Gasteiger partial charge in [-0.25, -0.2) is 9.59 Å². The number of hydrogen-bond donors (Lipinski definition) is 2. The van der Waals surface area contributed by atoms with Crippen LogP contribution < -0.4 is 5.32 Å². The first-order chi connectivity index (χ1) is 9.31. The number of amides is 2. The fraction of sp³-hybridized carbons (Fsp3) is 0.769. The zero-order chi connectivity index (χ0) is 15.7. The summed E-state index contributed by atoms with van der Waals surface area (Å²) in [5.74, 6) is -1.46. The number of likely N-dealkylation sites (N-methyl/N-ethyl adjacent to an activating group) is 1. The minimum absolute atomic E-state index is 0.136. The van der Waals surface area contributed by atoms with Gasteiger partial charge in [-0.15, -0.1) is 0 Å². The van der Waals surface area contributed by atoms with Gasteiger partial charge in [-0.3, -0.25) is 4.79 Å². The molecule has 0 radical (unpaired) electrons. The van der Waals surface area contributed by atoms with Crippen molar-refractivity contribution in [3.63, 3.8) is 0 Å². The third-order valence-corrected chi connectivity index (χ3v) is 2.60. The Morgan fingerprint density at radius 1 is 1.25 bits per heavy atom. The minimum atomic E-state index is -1.08. The van der Waals surface area contributed by atoms with Crippen LogP contribution in [0.5, 0.6) is 0 Å². The summed E-state index contributed by atoms with van der Waals surface area (Å²) in [6.07, 6.45) is 0.331. The van der Waals surface area contributed by atoms with Crippen molar-refractivity contribution >= 4 is 18.0 Å². The van der Waals surface area contributed by atoms with E-state index in [9.17, 15) is 14.4 Å². The van der Waals surface area contributed by atoms with Crippen LogP contribution in [0.25, 0.3) is 0 Å². The van der Waals surface area contributed by atoms with Gasteiger partial charge in [-0.1, -0.05) is 13.8 Å². The van der Waals surface area contributed by atoms with Gasteiger partial charge in [0.25, 0.3) is 0 Å². The Kier molecular flexibility index (Phi) is 8.35. The third-order valence-electron chi connectivity index (χ3n) is 2.60. The first kappa shape index (κ1) is 18.2. The number of carboxylic acid groups (broad SMARTS) is 1. The van der Waals surface area contributed by atoms with E-state index in [2.05, 4.69) is 5.32 Å². The Labute approximate surface area is 119 Å². The highest BCUT2D eigenvalue weighted by Crippen LogP contribution is 2.05. The van der Waals surface area contributed by atoms with Crippen molar-refractivity contribution in [1.82, 2.24) is 10.2 Å². The van der Waals surface area contributed by atoms with Crippen LogP contribution in [0.15, 0.2) is 0 Å². The number of carboxylic acids is 1. The van der Waals surface area contributed by atoms with Crippen molar-refractivity contribution in [3.8, 4) is 0 Å². The van der Waals surface area contributed by atoms with Crippen molar-refractivity contribution in [2.24, 2.45) is 5.92 Å². The number of rotatable bonds is 8. The standard InChI is InChI=1S/C13H24N2O5/c1-5-15(8-11(16)20-6-2)13(19)14-10(12(17)18)7-9(3)4/h9-10H,5-8H2,1-4H3,(H,14,19)(H,17,18)/t10-/m0/s1. The molecular weight excluding hydrogens is 264 g/mol. The molecule has 0 spiro atoms. The maximum Gasteiger partial charge on any atom is 0.326 e. The Balaban J connectivity index is 4.58. The van der Waals surface area contributed by atoms with E-state index in [1.54, 1.807) is 13.8 Å². The van der Waals surface area contributed by atoms with Gasteiger partial charge in [-0.05, 0) is 26.2 Å². The van der Waals surface area contributed by atoms with Crippen molar-refractivity contribution in [2.45, 2.75) is 40.2 Å². The van der Waals surface area contributed by atoms with Crippen LogP contribution in [-0.2, 0) is 14.3 Å². The molecule has 0 saturated carbocycles. The lowest BCUT2D eigenvalue weighted by Gasteiger charge is -2.23. The van der Waals surface area contributed by atoms with Gasteiger partial charge < -0.3 is 20.1 Å². The summed E-state index contributed by atoms with van der Waals surface area (Å²) in [6.45, 7) is 7.47. The van der Waals surface area contributed by atoms with Crippen LogP contribution in [0.3, 0.4) is 0 Å². The zero-order valence-electron chi connectivity index (χ0n) is 12.5. The SMILES string of the molecule is CCOC(=O)CN(CC)C(=O)N[C@@H](CC(C)C)C(=O)O. The smallest absolute Gasteiger partial charge is 0.326 e. The second kappa shape index (κ2) is 9.17. The summed E-state index contributed by atoms with van der Waals surface area (Å²) >= 11 is 0. The van der Waals surface area contributed by atoms with E-state index >= 15 is 0 Å². The van der Waals surface area contributed by atoms with Gasteiger partial charge in [0.1, 0.15) is 12.6 Å². The molecule has 0 unspecified atom stereocenters. The van der Waals surface area contributed by atoms with E-state index in [-0.39, 0.29) is 19.1 Å². The van der Waals surface area contributed by atoms with Crippen LogP contribution in [0.4, 0.5) is 4.79 Å². The molecule has 0 fully saturated rings. The Hall–Kier alpha value is -1.79. The molecule has 20 heavy (non-hydrogen) atoms. The maximum absolute atomic E-state index is 12.0. The van der Waals surface area contributed by atoms with Crippen LogP contribution in [0, 0.1) is 5.92 Å². The molecule has 0 saturated heterocycles. The molecule has 0 rings (SSSR count). The van der Waals surface area contributed by atoms with Gasteiger partial charge in [0.2, 0.25) is 0 Å². The number of esters is 1. The predicted octanol–water partition coefficient (Wildman–Crippen LogP) is 1.08. The van der Waals surface area contributed by atoms with Gasteiger partial charge in [0.15, 0.2) is 0 Å². The van der Waals surface area contributed by atoms with Crippen LogP contribution in [0.2, 0.25) is 0 Å². The second-order valence-electron chi connectivity index (χ2n) is 4.79.